The Bertz CT molecular complexity index is 1190. The Labute approximate surface area is 227 Å². The molecule has 0 aromatic heterocycles. The van der Waals surface area contributed by atoms with Gasteiger partial charge in [0.05, 0.1) is 0 Å². The summed E-state index contributed by atoms with van der Waals surface area (Å²) < 4.78 is 0. The fourth-order valence-electron chi connectivity index (χ4n) is 6.80. The van der Waals surface area contributed by atoms with Gasteiger partial charge in [0.25, 0.3) is 0 Å². The van der Waals surface area contributed by atoms with Crippen LogP contribution in [0.1, 0.15) is 123 Å². The molecule has 0 radical (unpaired) electrons. The Balaban J connectivity index is 1.97. The van der Waals surface area contributed by atoms with E-state index in [9.17, 15) is 5.11 Å². The smallest absolute Gasteiger partial charge is 0.119 e. The third-order valence-electron chi connectivity index (χ3n) is 8.62. The van der Waals surface area contributed by atoms with E-state index in [1.807, 2.05) is 12.1 Å². The third kappa shape index (κ3) is 6.14. The lowest BCUT2D eigenvalue weighted by molar-refractivity contribution is 0.459. The van der Waals surface area contributed by atoms with Crippen molar-refractivity contribution in [3.63, 3.8) is 0 Å². The Hall–Kier alpha value is -2.54. The zero-order valence-corrected chi connectivity index (χ0v) is 24.8. The summed E-state index contributed by atoms with van der Waals surface area (Å²) in [6, 6.07) is 15.6. The summed E-state index contributed by atoms with van der Waals surface area (Å²) in [6.45, 7) is 18.3. The van der Waals surface area contributed by atoms with Crippen LogP contribution >= 0.6 is 0 Å². The quantitative estimate of drug-likeness (QED) is 0.264. The summed E-state index contributed by atoms with van der Waals surface area (Å²) in [5.74, 6) is 1.04. The maximum atomic E-state index is 11.1. The van der Waals surface area contributed by atoms with Crippen molar-refractivity contribution in [3.8, 4) is 5.75 Å². The molecule has 3 rings (SSSR count). The summed E-state index contributed by atoms with van der Waals surface area (Å²) in [5.41, 5.74) is 14.5. The van der Waals surface area contributed by atoms with Crippen LogP contribution in [0.2, 0.25) is 0 Å². The molecular formula is C36H50O. The van der Waals surface area contributed by atoms with Crippen LogP contribution in [0.5, 0.6) is 5.75 Å². The first kappa shape index (κ1) is 29.0. The molecule has 3 aromatic carbocycles. The largest absolute Gasteiger partial charge is 0.508 e. The number of aryl methyl sites for hydroxylation is 2. The second-order valence-electron chi connectivity index (χ2n) is 10.8. The van der Waals surface area contributed by atoms with E-state index < -0.39 is 0 Å². The van der Waals surface area contributed by atoms with Gasteiger partial charge >= 0.3 is 0 Å². The molecule has 200 valence electrons. The van der Waals surface area contributed by atoms with Crippen LogP contribution in [0.25, 0.3) is 0 Å². The van der Waals surface area contributed by atoms with Gasteiger partial charge in [0.15, 0.2) is 0 Å². The van der Waals surface area contributed by atoms with Crippen molar-refractivity contribution < 1.29 is 5.11 Å². The van der Waals surface area contributed by atoms with Crippen LogP contribution < -0.4 is 0 Å². The molecule has 0 saturated heterocycles. The van der Waals surface area contributed by atoms with Gasteiger partial charge in [0.2, 0.25) is 0 Å². The summed E-state index contributed by atoms with van der Waals surface area (Å²) >= 11 is 0. The first-order chi connectivity index (χ1) is 17.8. The van der Waals surface area contributed by atoms with Crippen LogP contribution in [0.3, 0.4) is 0 Å². The van der Waals surface area contributed by atoms with E-state index in [1.165, 1.54) is 38.9 Å². The average Bonchev–Trinajstić information content (AvgIpc) is 2.91. The molecule has 0 fully saturated rings. The number of phenols is 1. The van der Waals surface area contributed by atoms with E-state index in [-0.39, 0.29) is 5.92 Å². The predicted molar refractivity (Wildman–Crippen MR) is 161 cm³/mol. The summed E-state index contributed by atoms with van der Waals surface area (Å²) in [5, 5.41) is 11.1. The fourth-order valence-corrected chi connectivity index (χ4v) is 6.80. The maximum Gasteiger partial charge on any atom is 0.119 e. The normalized spacial score (nSPS) is 13.1. The highest BCUT2D eigenvalue weighted by molar-refractivity contribution is 5.48. The van der Waals surface area contributed by atoms with Crippen molar-refractivity contribution in [2.24, 2.45) is 0 Å². The number of hydrogen-bond donors (Lipinski definition) is 1. The fraction of sp³-hybridized carbons (Fsp3) is 0.500. The topological polar surface area (TPSA) is 20.2 Å². The van der Waals surface area contributed by atoms with Crippen LogP contribution in [0.4, 0.5) is 0 Å². The van der Waals surface area contributed by atoms with Crippen LogP contribution in [0.15, 0.2) is 42.5 Å². The second kappa shape index (κ2) is 13.3. The van der Waals surface area contributed by atoms with Crippen molar-refractivity contribution in [2.75, 3.05) is 0 Å². The Morgan fingerprint density at radius 1 is 0.514 bits per heavy atom. The molecule has 2 unspecified atom stereocenters. The van der Waals surface area contributed by atoms with Gasteiger partial charge in [0.1, 0.15) is 5.75 Å². The van der Waals surface area contributed by atoms with E-state index in [0.717, 1.165) is 56.9 Å². The number of phenolic OH excluding ortho intramolecular Hbond substituents is 1. The molecule has 3 aromatic rings. The summed E-state index contributed by atoms with van der Waals surface area (Å²) in [6.07, 6.45) is 8.48. The molecular weight excluding hydrogens is 448 g/mol. The highest BCUT2D eigenvalue weighted by Crippen LogP contribution is 2.38. The average molecular weight is 499 g/mol. The van der Waals surface area contributed by atoms with Crippen molar-refractivity contribution in [1.29, 1.82) is 0 Å². The van der Waals surface area contributed by atoms with Gasteiger partial charge in [-0.15, -0.1) is 0 Å². The van der Waals surface area contributed by atoms with Crippen LogP contribution in [0, 0.1) is 0 Å². The van der Waals surface area contributed by atoms with Gasteiger partial charge in [0, 0.05) is 5.56 Å². The molecule has 0 aliphatic rings. The Kier molecular flexibility index (Phi) is 10.4. The lowest BCUT2D eigenvalue weighted by Gasteiger charge is -2.25. The minimum atomic E-state index is 0.250. The molecule has 1 heteroatoms. The number of aromatic hydroxyl groups is 1. The number of rotatable bonds is 12. The first-order valence-corrected chi connectivity index (χ1v) is 14.9. The van der Waals surface area contributed by atoms with E-state index in [4.69, 9.17) is 0 Å². The molecule has 0 heterocycles. The van der Waals surface area contributed by atoms with Gasteiger partial charge in [-0.2, -0.15) is 0 Å². The lowest BCUT2D eigenvalue weighted by Crippen LogP contribution is -2.11. The predicted octanol–water partition coefficient (Wildman–Crippen LogP) is 9.46. The minimum Gasteiger partial charge on any atom is -0.508 e. The van der Waals surface area contributed by atoms with Crippen molar-refractivity contribution in [1.82, 2.24) is 0 Å². The molecule has 0 saturated carbocycles. The standard InChI is InChI=1S/C36H50O/c1-9-26-18-20-28(32(13-5)30(26)11-3)22-24(7)34-16-15-17-35(37)36(34)25(8)23-29-21-19-27(10-2)31(12-4)33(29)14-6/h15-21,24-25,37H,9-14,22-23H2,1-8H3. The first-order valence-electron chi connectivity index (χ1n) is 14.9. The molecule has 0 spiro atoms. The molecule has 0 amide bonds. The third-order valence-corrected chi connectivity index (χ3v) is 8.62. The molecule has 0 aliphatic heterocycles. The Morgan fingerprint density at radius 2 is 0.919 bits per heavy atom. The van der Waals surface area contributed by atoms with Crippen molar-refractivity contribution in [2.45, 2.75) is 119 Å². The van der Waals surface area contributed by atoms with Gasteiger partial charge in [-0.3, -0.25) is 0 Å². The molecule has 0 bridgehead atoms. The van der Waals surface area contributed by atoms with Gasteiger partial charge in [-0.25, -0.2) is 0 Å². The Morgan fingerprint density at radius 3 is 1.35 bits per heavy atom. The van der Waals surface area contributed by atoms with Gasteiger partial charge in [-0.05, 0) is 119 Å². The zero-order valence-electron chi connectivity index (χ0n) is 24.8. The minimum absolute atomic E-state index is 0.250. The van der Waals surface area contributed by atoms with E-state index in [2.05, 4.69) is 85.7 Å². The lowest BCUT2D eigenvalue weighted by atomic mass is 9.80. The van der Waals surface area contributed by atoms with Crippen LogP contribution in [-0.2, 0) is 51.4 Å². The monoisotopic (exact) mass is 498 g/mol. The van der Waals surface area contributed by atoms with E-state index >= 15 is 0 Å². The second-order valence-corrected chi connectivity index (χ2v) is 10.8. The highest BCUT2D eigenvalue weighted by Gasteiger charge is 2.22. The van der Waals surface area contributed by atoms with Crippen LogP contribution in [-0.4, -0.2) is 5.11 Å². The highest BCUT2D eigenvalue weighted by atomic mass is 16.3. The van der Waals surface area contributed by atoms with E-state index in [0.29, 0.717) is 11.7 Å². The van der Waals surface area contributed by atoms with E-state index in [1.54, 1.807) is 11.1 Å². The molecule has 37 heavy (non-hydrogen) atoms. The maximum absolute atomic E-state index is 11.1. The van der Waals surface area contributed by atoms with Crippen molar-refractivity contribution >= 4 is 0 Å². The molecule has 2 atom stereocenters. The van der Waals surface area contributed by atoms with Crippen molar-refractivity contribution in [3.05, 3.63) is 98.1 Å². The summed E-state index contributed by atoms with van der Waals surface area (Å²) in [7, 11) is 0. The molecule has 1 nitrogen and oxygen atoms in total. The van der Waals surface area contributed by atoms with Gasteiger partial charge < -0.3 is 5.11 Å². The summed E-state index contributed by atoms with van der Waals surface area (Å²) in [4.78, 5) is 0. The number of benzene rings is 3. The zero-order chi connectivity index (χ0) is 27.1. The number of hydrogen-bond acceptors (Lipinski definition) is 1. The SMILES string of the molecule is CCc1ccc(CC(C)c2cccc(O)c2C(C)Cc2ccc(CC)c(CC)c2CC)c(CC)c1CC. The molecule has 1 N–H and O–H groups in total. The van der Waals surface area contributed by atoms with Gasteiger partial charge in [-0.1, -0.05) is 91.8 Å². The molecule has 0 aliphatic carbocycles.